The van der Waals surface area contributed by atoms with Crippen LogP contribution in [0.2, 0.25) is 0 Å². The minimum absolute atomic E-state index is 0.199. The topological polar surface area (TPSA) is 79.5 Å². The SMILES string of the molecule is COc1ccc(B2O[C@@]3(C)C[C@H]4C[C@H](C4(C)C)[C@@]3(C)O2)c(F)c1-c1ccc2c(N)cnnc2c1. The minimum Gasteiger partial charge on any atom is -0.496 e. The number of hydrogen-bond donors (Lipinski definition) is 1. The highest BCUT2D eigenvalue weighted by atomic mass is 19.1. The van der Waals surface area contributed by atoms with Crippen LogP contribution in [0.5, 0.6) is 5.75 Å². The van der Waals surface area contributed by atoms with Crippen LogP contribution in [0.1, 0.15) is 40.5 Å². The van der Waals surface area contributed by atoms with Crippen LogP contribution < -0.4 is 15.9 Å². The van der Waals surface area contributed by atoms with Crippen molar-refractivity contribution in [2.45, 2.75) is 51.7 Å². The molecule has 4 fully saturated rings. The van der Waals surface area contributed by atoms with E-state index in [4.69, 9.17) is 19.8 Å². The molecule has 2 bridgehead atoms. The van der Waals surface area contributed by atoms with Crippen LogP contribution in [0.3, 0.4) is 0 Å². The van der Waals surface area contributed by atoms with Gasteiger partial charge in [-0.15, -0.1) is 0 Å². The van der Waals surface area contributed by atoms with Crippen molar-refractivity contribution in [3.05, 3.63) is 42.3 Å². The summed E-state index contributed by atoms with van der Waals surface area (Å²) in [5.74, 6) is 0.978. The summed E-state index contributed by atoms with van der Waals surface area (Å²) in [7, 11) is 0.747. The van der Waals surface area contributed by atoms with E-state index in [0.717, 1.165) is 18.2 Å². The molecule has 0 radical (unpaired) electrons. The van der Waals surface area contributed by atoms with E-state index in [1.54, 1.807) is 18.2 Å². The average Bonchev–Trinajstić information content (AvgIpc) is 3.09. The molecule has 2 heterocycles. The number of rotatable bonds is 3. The van der Waals surface area contributed by atoms with Crippen LogP contribution >= 0.6 is 0 Å². The maximum absolute atomic E-state index is 16.2. The molecular weight excluding hydrogens is 432 g/mol. The van der Waals surface area contributed by atoms with Crippen LogP contribution in [-0.4, -0.2) is 35.6 Å². The Morgan fingerprint density at radius 2 is 1.94 bits per heavy atom. The number of aromatic nitrogens is 2. The fraction of sp³-hybridized carbons (Fsp3) is 0.462. The van der Waals surface area contributed by atoms with Crippen molar-refractivity contribution in [1.29, 1.82) is 0 Å². The van der Waals surface area contributed by atoms with Gasteiger partial charge in [0.1, 0.15) is 11.6 Å². The third kappa shape index (κ3) is 2.69. The van der Waals surface area contributed by atoms with E-state index in [1.165, 1.54) is 13.3 Å². The number of methoxy groups -OCH3 is 1. The molecule has 1 aliphatic heterocycles. The van der Waals surface area contributed by atoms with Crippen molar-refractivity contribution < 1.29 is 18.4 Å². The summed E-state index contributed by atoms with van der Waals surface area (Å²) < 4.78 is 34.9. The normalized spacial score (nSPS) is 31.3. The Hall–Kier alpha value is -2.71. The zero-order chi connectivity index (χ0) is 24.0. The van der Waals surface area contributed by atoms with Gasteiger partial charge in [0, 0.05) is 10.8 Å². The van der Waals surface area contributed by atoms with Crippen molar-refractivity contribution in [3.8, 4) is 16.9 Å². The fourth-order valence-corrected chi connectivity index (χ4v) is 6.75. The highest BCUT2D eigenvalue weighted by Crippen LogP contribution is 2.69. The Balaban J connectivity index is 1.44. The lowest BCUT2D eigenvalue weighted by atomic mass is 9.41. The van der Waals surface area contributed by atoms with Gasteiger partial charge < -0.3 is 19.8 Å². The Bertz CT molecular complexity index is 1330. The molecule has 3 aliphatic carbocycles. The maximum Gasteiger partial charge on any atom is 0.497 e. The summed E-state index contributed by atoms with van der Waals surface area (Å²) in [6.45, 7) is 8.89. The third-order valence-corrected chi connectivity index (χ3v) is 9.11. The molecule has 6 nitrogen and oxygen atoms in total. The second kappa shape index (κ2) is 6.92. The van der Waals surface area contributed by atoms with Crippen LogP contribution in [0, 0.1) is 23.1 Å². The van der Waals surface area contributed by atoms with Gasteiger partial charge in [0.05, 0.1) is 41.3 Å². The van der Waals surface area contributed by atoms with Crippen LogP contribution in [0.4, 0.5) is 10.1 Å². The number of ether oxygens (including phenoxy) is 1. The standard InChI is InChI=1S/C26H29BFN3O3/c1-24(2)15-11-21(24)26(4)25(3,12-15)33-27(34-26)17-8-9-20(32-5)22(23(17)28)14-6-7-16-18(29)13-30-31-19(16)10-14/h6-10,13,15,21H,11-12H2,1-5H3,(H2,29,31)/t15-,21-,25+,26-/m1/s1. The first-order chi connectivity index (χ1) is 16.1. The first-order valence-corrected chi connectivity index (χ1v) is 11.8. The van der Waals surface area contributed by atoms with Gasteiger partial charge in [-0.2, -0.15) is 10.2 Å². The van der Waals surface area contributed by atoms with Crippen LogP contribution in [-0.2, 0) is 9.31 Å². The van der Waals surface area contributed by atoms with Gasteiger partial charge in [-0.05, 0) is 67.7 Å². The predicted octanol–water partition coefficient (Wildman–Crippen LogP) is 4.35. The number of benzene rings is 2. The number of nitrogens with two attached hydrogens (primary N) is 1. The van der Waals surface area contributed by atoms with Crippen molar-refractivity contribution in [1.82, 2.24) is 10.2 Å². The molecule has 0 amide bonds. The Kier molecular flexibility index (Phi) is 4.44. The van der Waals surface area contributed by atoms with Gasteiger partial charge in [0.2, 0.25) is 0 Å². The second-order valence-electron chi connectivity index (χ2n) is 11.0. The highest BCUT2D eigenvalue weighted by molar-refractivity contribution is 6.62. The number of fused-ring (bicyclic) bond motifs is 1. The molecule has 7 rings (SSSR count). The predicted molar refractivity (Wildman–Crippen MR) is 130 cm³/mol. The lowest BCUT2D eigenvalue weighted by Crippen LogP contribution is -2.70. The quantitative estimate of drug-likeness (QED) is 0.585. The number of nitrogens with zero attached hydrogens (tertiary/aromatic N) is 2. The van der Waals surface area contributed by atoms with Crippen molar-refractivity contribution >= 4 is 29.2 Å². The summed E-state index contributed by atoms with van der Waals surface area (Å²) in [6.07, 6.45) is 3.55. The molecule has 8 heteroatoms. The summed E-state index contributed by atoms with van der Waals surface area (Å²) in [5, 5.41) is 8.86. The van der Waals surface area contributed by atoms with Gasteiger partial charge in [0.15, 0.2) is 0 Å². The molecule has 3 aromatic rings. The first-order valence-electron chi connectivity index (χ1n) is 11.8. The second-order valence-corrected chi connectivity index (χ2v) is 11.0. The summed E-state index contributed by atoms with van der Waals surface area (Å²) in [6, 6.07) is 8.91. The van der Waals surface area contributed by atoms with Crippen molar-refractivity contribution in [2.75, 3.05) is 12.8 Å². The molecule has 3 saturated carbocycles. The number of hydrogen-bond acceptors (Lipinski definition) is 6. The fourth-order valence-electron chi connectivity index (χ4n) is 6.75. The average molecular weight is 461 g/mol. The van der Waals surface area contributed by atoms with Crippen LogP contribution in [0.25, 0.3) is 22.0 Å². The number of halogens is 1. The largest absolute Gasteiger partial charge is 0.497 e. The van der Waals surface area contributed by atoms with E-state index >= 15 is 4.39 Å². The molecule has 1 aromatic heterocycles. The van der Waals surface area contributed by atoms with E-state index in [-0.39, 0.29) is 5.41 Å². The first kappa shape index (κ1) is 21.8. The zero-order valence-corrected chi connectivity index (χ0v) is 20.2. The Morgan fingerprint density at radius 1 is 1.15 bits per heavy atom. The molecule has 2 aromatic carbocycles. The van der Waals surface area contributed by atoms with E-state index in [2.05, 4.69) is 37.9 Å². The van der Waals surface area contributed by atoms with E-state index in [9.17, 15) is 0 Å². The van der Waals surface area contributed by atoms with Crippen LogP contribution in [0.15, 0.2) is 36.5 Å². The van der Waals surface area contributed by atoms with Gasteiger partial charge in [-0.3, -0.25) is 0 Å². The monoisotopic (exact) mass is 461 g/mol. The lowest BCUT2D eigenvalue weighted by molar-refractivity contribution is -0.234. The van der Waals surface area contributed by atoms with Gasteiger partial charge in [-0.1, -0.05) is 26.0 Å². The molecule has 1 saturated heterocycles. The maximum atomic E-state index is 16.2. The van der Waals surface area contributed by atoms with Gasteiger partial charge in [-0.25, -0.2) is 4.39 Å². The van der Waals surface area contributed by atoms with Crippen molar-refractivity contribution in [2.24, 2.45) is 17.3 Å². The zero-order valence-electron chi connectivity index (χ0n) is 20.2. The third-order valence-electron chi connectivity index (χ3n) is 9.11. The number of nitrogen functional groups attached to an aromatic ring is 1. The summed E-state index contributed by atoms with van der Waals surface area (Å²) in [4.78, 5) is 0. The van der Waals surface area contributed by atoms with E-state index in [1.807, 2.05) is 12.1 Å². The molecule has 0 unspecified atom stereocenters. The Labute approximate surface area is 199 Å². The summed E-state index contributed by atoms with van der Waals surface area (Å²) in [5.41, 5.74) is 7.74. The lowest BCUT2D eigenvalue weighted by Gasteiger charge is -2.67. The van der Waals surface area contributed by atoms with E-state index < -0.39 is 24.1 Å². The molecule has 34 heavy (non-hydrogen) atoms. The van der Waals surface area contributed by atoms with Gasteiger partial charge >= 0.3 is 7.12 Å². The van der Waals surface area contributed by atoms with Gasteiger partial charge in [0.25, 0.3) is 0 Å². The summed E-state index contributed by atoms with van der Waals surface area (Å²) >= 11 is 0. The Morgan fingerprint density at radius 3 is 2.68 bits per heavy atom. The molecule has 4 aliphatic rings. The number of anilines is 1. The molecule has 2 N–H and O–H groups in total. The minimum atomic E-state index is -0.786. The van der Waals surface area contributed by atoms with Crippen molar-refractivity contribution in [3.63, 3.8) is 0 Å². The molecular formula is C26H29BFN3O3. The molecule has 176 valence electrons. The smallest absolute Gasteiger partial charge is 0.496 e. The molecule has 0 spiro atoms. The highest BCUT2D eigenvalue weighted by Gasteiger charge is 2.73. The van der Waals surface area contributed by atoms with E-state index in [0.29, 0.717) is 45.4 Å². The molecule has 4 atom stereocenters.